The molecule has 0 amide bonds. The van der Waals surface area contributed by atoms with Crippen molar-refractivity contribution in [3.05, 3.63) is 0 Å². The summed E-state index contributed by atoms with van der Waals surface area (Å²) in [6.07, 6.45) is 7.06. The van der Waals surface area contributed by atoms with E-state index >= 15 is 0 Å². The Hall–Kier alpha value is -1.55. The summed E-state index contributed by atoms with van der Waals surface area (Å²) in [4.78, 5) is 5.97. The Kier molecular flexibility index (Phi) is 5.36. The third-order valence-electron chi connectivity index (χ3n) is 2.89. The standard InChI is InChI=1S/C12H18N4/c1-2-6-11(9-13)12(15-10-14)16-7-4-3-5-8-16/h11H,2-8H2,1H3/b15-12-. The molecule has 1 saturated heterocycles. The first kappa shape index (κ1) is 12.5. The summed E-state index contributed by atoms with van der Waals surface area (Å²) >= 11 is 0. The average Bonchev–Trinajstić information content (AvgIpc) is 2.35. The minimum Gasteiger partial charge on any atom is -0.358 e. The topological polar surface area (TPSA) is 63.2 Å². The molecule has 86 valence electrons. The Balaban J connectivity index is 2.77. The van der Waals surface area contributed by atoms with Crippen molar-refractivity contribution in [2.24, 2.45) is 10.9 Å². The monoisotopic (exact) mass is 218 g/mol. The van der Waals surface area contributed by atoms with Crippen LogP contribution in [-0.4, -0.2) is 23.8 Å². The van der Waals surface area contributed by atoms with Crippen LogP contribution in [-0.2, 0) is 0 Å². The van der Waals surface area contributed by atoms with Crippen LogP contribution in [0.1, 0.15) is 39.0 Å². The quantitative estimate of drug-likeness (QED) is 0.415. The molecule has 0 bridgehead atoms. The molecule has 0 radical (unpaired) electrons. The van der Waals surface area contributed by atoms with Crippen LogP contribution in [0.2, 0.25) is 0 Å². The highest BCUT2D eigenvalue weighted by molar-refractivity contribution is 5.87. The number of hydrogen-bond acceptors (Lipinski definition) is 3. The van der Waals surface area contributed by atoms with Crippen LogP contribution in [0.15, 0.2) is 4.99 Å². The van der Waals surface area contributed by atoms with E-state index in [1.54, 1.807) is 0 Å². The van der Waals surface area contributed by atoms with Gasteiger partial charge in [0, 0.05) is 13.1 Å². The number of aliphatic imine (C=N–C) groups is 1. The van der Waals surface area contributed by atoms with Crippen LogP contribution < -0.4 is 0 Å². The van der Waals surface area contributed by atoms with Gasteiger partial charge in [0.05, 0.1) is 6.07 Å². The molecule has 0 saturated carbocycles. The second kappa shape index (κ2) is 6.85. The maximum atomic E-state index is 9.12. The lowest BCUT2D eigenvalue weighted by Crippen LogP contribution is -2.39. The maximum Gasteiger partial charge on any atom is 0.207 e. The first-order valence-electron chi connectivity index (χ1n) is 5.94. The largest absolute Gasteiger partial charge is 0.358 e. The van der Waals surface area contributed by atoms with Crippen LogP contribution >= 0.6 is 0 Å². The van der Waals surface area contributed by atoms with E-state index in [9.17, 15) is 0 Å². The zero-order valence-corrected chi connectivity index (χ0v) is 9.82. The summed E-state index contributed by atoms with van der Waals surface area (Å²) < 4.78 is 0. The van der Waals surface area contributed by atoms with E-state index < -0.39 is 0 Å². The smallest absolute Gasteiger partial charge is 0.207 e. The van der Waals surface area contributed by atoms with Gasteiger partial charge in [-0.2, -0.15) is 15.5 Å². The molecule has 0 aromatic heterocycles. The summed E-state index contributed by atoms with van der Waals surface area (Å²) in [5.74, 6) is 0.467. The fourth-order valence-corrected chi connectivity index (χ4v) is 2.08. The lowest BCUT2D eigenvalue weighted by Gasteiger charge is -2.31. The van der Waals surface area contributed by atoms with Crippen molar-refractivity contribution in [1.82, 2.24) is 4.90 Å². The van der Waals surface area contributed by atoms with Gasteiger partial charge in [0.2, 0.25) is 6.19 Å². The zero-order chi connectivity index (χ0) is 11.8. The van der Waals surface area contributed by atoms with Gasteiger partial charge >= 0.3 is 0 Å². The van der Waals surface area contributed by atoms with Crippen molar-refractivity contribution in [3.8, 4) is 12.3 Å². The molecule has 1 aliphatic rings. The van der Waals surface area contributed by atoms with Crippen LogP contribution in [0.4, 0.5) is 0 Å². The van der Waals surface area contributed by atoms with Gasteiger partial charge in [-0.15, -0.1) is 0 Å². The molecule has 4 heteroatoms. The summed E-state index contributed by atoms with van der Waals surface area (Å²) in [6, 6.07) is 2.26. The van der Waals surface area contributed by atoms with Crippen molar-refractivity contribution in [2.45, 2.75) is 39.0 Å². The van der Waals surface area contributed by atoms with Gasteiger partial charge in [0.15, 0.2) is 0 Å². The SMILES string of the molecule is CCCC(C#N)/C(=N/C#N)N1CCCCC1. The second-order valence-electron chi connectivity index (χ2n) is 4.09. The van der Waals surface area contributed by atoms with E-state index in [0.717, 1.165) is 38.8 Å². The molecule has 0 spiro atoms. The number of rotatable bonds is 3. The number of amidine groups is 1. The summed E-state index contributed by atoms with van der Waals surface area (Å²) in [7, 11) is 0. The van der Waals surface area contributed by atoms with Crippen LogP contribution in [0.3, 0.4) is 0 Å². The number of likely N-dealkylation sites (tertiary alicyclic amines) is 1. The minimum atomic E-state index is -0.220. The molecule has 1 atom stereocenters. The molecule has 0 aliphatic carbocycles. The average molecular weight is 218 g/mol. The van der Waals surface area contributed by atoms with E-state index in [1.807, 2.05) is 13.1 Å². The maximum absolute atomic E-state index is 9.12. The highest BCUT2D eigenvalue weighted by Gasteiger charge is 2.22. The molecular weight excluding hydrogens is 200 g/mol. The van der Waals surface area contributed by atoms with Crippen molar-refractivity contribution in [2.75, 3.05) is 13.1 Å². The minimum absolute atomic E-state index is 0.220. The molecule has 16 heavy (non-hydrogen) atoms. The highest BCUT2D eigenvalue weighted by atomic mass is 15.2. The molecule has 4 nitrogen and oxygen atoms in total. The van der Waals surface area contributed by atoms with Gasteiger partial charge in [-0.1, -0.05) is 13.3 Å². The normalized spacial score (nSPS) is 18.7. The van der Waals surface area contributed by atoms with E-state index in [1.165, 1.54) is 6.42 Å². The fourth-order valence-electron chi connectivity index (χ4n) is 2.08. The van der Waals surface area contributed by atoms with Crippen molar-refractivity contribution in [3.63, 3.8) is 0 Å². The Morgan fingerprint density at radius 2 is 2.00 bits per heavy atom. The molecule has 1 rings (SSSR count). The Bertz CT molecular complexity index is 315. The molecular formula is C12H18N4. The third-order valence-corrected chi connectivity index (χ3v) is 2.89. The van der Waals surface area contributed by atoms with E-state index in [4.69, 9.17) is 10.5 Å². The summed E-state index contributed by atoms with van der Waals surface area (Å²) in [6.45, 7) is 3.91. The number of nitrogens with zero attached hydrogens (tertiary/aromatic N) is 4. The number of hydrogen-bond donors (Lipinski definition) is 0. The van der Waals surface area contributed by atoms with Crippen molar-refractivity contribution >= 4 is 5.84 Å². The van der Waals surface area contributed by atoms with Crippen LogP contribution in [0.5, 0.6) is 0 Å². The van der Waals surface area contributed by atoms with Gasteiger partial charge in [-0.25, -0.2) is 0 Å². The number of piperidine rings is 1. The Labute approximate surface area is 97.2 Å². The predicted octanol–water partition coefficient (Wildman–Crippen LogP) is 2.29. The first-order chi connectivity index (χ1) is 7.83. The van der Waals surface area contributed by atoms with Gasteiger partial charge in [-0.05, 0) is 25.7 Å². The van der Waals surface area contributed by atoms with E-state index in [2.05, 4.69) is 16.0 Å². The van der Waals surface area contributed by atoms with E-state index in [-0.39, 0.29) is 5.92 Å². The molecule has 1 unspecified atom stereocenters. The lowest BCUT2D eigenvalue weighted by molar-refractivity contribution is 0.330. The summed E-state index contributed by atoms with van der Waals surface area (Å²) in [5.41, 5.74) is 0. The molecule has 0 aromatic rings. The number of nitriles is 2. The van der Waals surface area contributed by atoms with Gasteiger partial charge in [0.25, 0.3) is 0 Å². The first-order valence-corrected chi connectivity index (χ1v) is 5.94. The molecule has 1 heterocycles. The van der Waals surface area contributed by atoms with Crippen LogP contribution in [0, 0.1) is 28.7 Å². The Morgan fingerprint density at radius 1 is 1.31 bits per heavy atom. The zero-order valence-electron chi connectivity index (χ0n) is 9.82. The van der Waals surface area contributed by atoms with Crippen LogP contribution in [0.25, 0.3) is 0 Å². The predicted molar refractivity (Wildman–Crippen MR) is 62.5 cm³/mol. The third kappa shape index (κ3) is 3.24. The Morgan fingerprint density at radius 3 is 2.50 bits per heavy atom. The summed E-state index contributed by atoms with van der Waals surface area (Å²) in [5, 5.41) is 17.8. The van der Waals surface area contributed by atoms with Crippen molar-refractivity contribution < 1.29 is 0 Å². The molecule has 0 N–H and O–H groups in total. The lowest BCUT2D eigenvalue weighted by atomic mass is 10.0. The molecule has 0 aromatic carbocycles. The fraction of sp³-hybridized carbons (Fsp3) is 0.750. The van der Waals surface area contributed by atoms with Gasteiger partial charge in [0.1, 0.15) is 11.8 Å². The van der Waals surface area contributed by atoms with Gasteiger partial charge < -0.3 is 4.90 Å². The van der Waals surface area contributed by atoms with Crippen molar-refractivity contribution in [1.29, 1.82) is 10.5 Å². The molecule has 1 fully saturated rings. The molecule has 1 aliphatic heterocycles. The second-order valence-corrected chi connectivity index (χ2v) is 4.09. The van der Waals surface area contributed by atoms with Gasteiger partial charge in [-0.3, -0.25) is 0 Å². The highest BCUT2D eigenvalue weighted by Crippen LogP contribution is 2.16. The van der Waals surface area contributed by atoms with E-state index in [0.29, 0.717) is 5.84 Å².